The van der Waals surface area contributed by atoms with Crippen LogP contribution in [0, 0.1) is 5.82 Å². The van der Waals surface area contributed by atoms with Crippen molar-refractivity contribution in [3.63, 3.8) is 0 Å². The quantitative estimate of drug-likeness (QED) is 0.545. The van der Waals surface area contributed by atoms with E-state index in [0.717, 1.165) is 24.3 Å². The van der Waals surface area contributed by atoms with Gasteiger partial charge in [-0.1, -0.05) is 23.2 Å². The first-order valence-corrected chi connectivity index (χ1v) is 11.0. The zero-order valence-corrected chi connectivity index (χ0v) is 18.3. The molecule has 0 aromatic heterocycles. The highest BCUT2D eigenvalue weighted by Gasteiger charge is 2.50. The number of benzene rings is 2. The Labute approximate surface area is 193 Å². The lowest BCUT2D eigenvalue weighted by Gasteiger charge is -2.37. The highest BCUT2D eigenvalue weighted by atomic mass is 35.5. The number of halogens is 8. The first-order chi connectivity index (χ1) is 15.1. The van der Waals surface area contributed by atoms with Gasteiger partial charge in [0.25, 0.3) is 11.8 Å². The molecule has 0 saturated carbocycles. The molecule has 0 bridgehead atoms. The fourth-order valence-electron chi connectivity index (χ4n) is 2.72. The molecule has 0 atom stereocenters. The molecule has 33 heavy (non-hydrogen) atoms. The molecule has 15 heteroatoms. The fraction of sp³-hybridized carbons (Fsp3) is 0.278. The minimum atomic E-state index is -4.73. The number of carbonyl (C=O) groups is 1. The maximum atomic E-state index is 14.4. The lowest BCUT2D eigenvalue weighted by atomic mass is 10.1. The molecule has 6 nitrogen and oxygen atoms in total. The number of nitrogens with one attached hydrogen (secondary N) is 1. The van der Waals surface area contributed by atoms with Gasteiger partial charge in [-0.2, -0.15) is 25.9 Å². The Kier molecular flexibility index (Phi) is 6.82. The van der Waals surface area contributed by atoms with E-state index in [0.29, 0.717) is 10.4 Å². The number of carbonyl (C=O) groups excluding carboxylic acids is 1. The van der Waals surface area contributed by atoms with Crippen molar-refractivity contribution in [3.8, 4) is 5.75 Å². The third-order valence-corrected chi connectivity index (χ3v) is 6.46. The third-order valence-electron chi connectivity index (χ3n) is 4.40. The van der Waals surface area contributed by atoms with Crippen molar-refractivity contribution in [1.29, 1.82) is 0 Å². The molecule has 1 fully saturated rings. The summed E-state index contributed by atoms with van der Waals surface area (Å²) >= 11 is 11.5. The van der Waals surface area contributed by atoms with E-state index in [2.05, 4.69) is 0 Å². The van der Waals surface area contributed by atoms with E-state index in [-0.39, 0.29) is 16.3 Å². The summed E-state index contributed by atoms with van der Waals surface area (Å²) < 4.78 is 110. The molecule has 0 unspecified atom stereocenters. The third kappa shape index (κ3) is 5.83. The molecule has 180 valence electrons. The molecule has 3 rings (SSSR count). The molecular formula is C18H12Cl2F6N2O4S. The Bertz CT molecular complexity index is 1200. The summed E-state index contributed by atoms with van der Waals surface area (Å²) in [6, 6.07) is 4.24. The topological polar surface area (TPSA) is 75.7 Å². The van der Waals surface area contributed by atoms with E-state index in [1.54, 1.807) is 0 Å². The van der Waals surface area contributed by atoms with Crippen molar-refractivity contribution in [2.24, 2.45) is 0 Å². The number of nitrogens with zero attached hydrogens (tertiary/aromatic N) is 1. The standard InChI is InChI=1S/C18H12Cl2F6N2O4S/c19-13-2-1-10(4-12(13)18(24,25)26)32-6-9-3-15(21)11(5-14(9)20)16(29)27-33(30,31)28-7-17(22,23)8-28/h1-5H,6-8H2,(H,27,29). The van der Waals surface area contributed by atoms with Gasteiger partial charge in [0.1, 0.15) is 18.2 Å². The lowest BCUT2D eigenvalue weighted by molar-refractivity contribution is -0.137. The van der Waals surface area contributed by atoms with Crippen LogP contribution >= 0.6 is 23.2 Å². The molecule has 1 aliphatic rings. The Morgan fingerprint density at radius 1 is 1.12 bits per heavy atom. The van der Waals surface area contributed by atoms with Crippen LogP contribution in [0.4, 0.5) is 26.3 Å². The molecule has 1 heterocycles. The number of hydrogen-bond acceptors (Lipinski definition) is 4. The van der Waals surface area contributed by atoms with Crippen LogP contribution in [0.25, 0.3) is 0 Å². The number of alkyl halides is 5. The van der Waals surface area contributed by atoms with Crippen molar-refractivity contribution in [3.05, 3.63) is 62.9 Å². The van der Waals surface area contributed by atoms with Gasteiger partial charge in [-0.3, -0.25) is 4.79 Å². The number of hydrogen-bond donors (Lipinski definition) is 1. The fourth-order valence-corrected chi connectivity index (χ4v) is 4.36. The number of ether oxygens (including phenoxy) is 1. The number of amides is 1. The van der Waals surface area contributed by atoms with E-state index in [1.807, 2.05) is 0 Å². The first-order valence-electron chi connectivity index (χ1n) is 8.76. The van der Waals surface area contributed by atoms with Crippen LogP contribution in [-0.4, -0.2) is 37.6 Å². The molecule has 0 radical (unpaired) electrons. The average molecular weight is 537 g/mol. The van der Waals surface area contributed by atoms with E-state index in [9.17, 15) is 39.6 Å². The normalized spacial score (nSPS) is 16.2. The van der Waals surface area contributed by atoms with Crippen LogP contribution in [0.2, 0.25) is 10.0 Å². The Morgan fingerprint density at radius 2 is 1.76 bits per heavy atom. The lowest BCUT2D eigenvalue weighted by Crippen LogP contribution is -2.61. The molecule has 0 aliphatic carbocycles. The van der Waals surface area contributed by atoms with Crippen LogP contribution in [-0.2, 0) is 23.0 Å². The van der Waals surface area contributed by atoms with Crippen LogP contribution in [0.1, 0.15) is 21.5 Å². The van der Waals surface area contributed by atoms with E-state index >= 15 is 0 Å². The van der Waals surface area contributed by atoms with Crippen LogP contribution in [0.3, 0.4) is 0 Å². The van der Waals surface area contributed by atoms with E-state index in [4.69, 9.17) is 27.9 Å². The van der Waals surface area contributed by atoms with Crippen molar-refractivity contribution in [1.82, 2.24) is 9.03 Å². The van der Waals surface area contributed by atoms with Crippen molar-refractivity contribution in [2.45, 2.75) is 18.7 Å². The van der Waals surface area contributed by atoms with E-state index in [1.165, 1.54) is 4.72 Å². The van der Waals surface area contributed by atoms with E-state index < -0.39 is 69.9 Å². The van der Waals surface area contributed by atoms with Gasteiger partial charge in [-0.05, 0) is 30.3 Å². The molecule has 0 spiro atoms. The average Bonchev–Trinajstić information content (AvgIpc) is 2.66. The molecular weight excluding hydrogens is 525 g/mol. The molecule has 2 aromatic carbocycles. The summed E-state index contributed by atoms with van der Waals surface area (Å²) in [7, 11) is -4.63. The minimum absolute atomic E-state index is 0.0699. The second-order valence-electron chi connectivity index (χ2n) is 6.91. The van der Waals surface area contributed by atoms with Crippen LogP contribution in [0.5, 0.6) is 5.75 Å². The Hall–Kier alpha value is -2.22. The molecule has 1 amide bonds. The predicted octanol–water partition coefficient (Wildman–Crippen LogP) is 4.66. The largest absolute Gasteiger partial charge is 0.489 e. The van der Waals surface area contributed by atoms with Gasteiger partial charge in [0, 0.05) is 10.6 Å². The highest BCUT2D eigenvalue weighted by Crippen LogP contribution is 2.37. The van der Waals surface area contributed by atoms with Crippen LogP contribution < -0.4 is 9.46 Å². The second-order valence-corrected chi connectivity index (χ2v) is 9.40. The molecule has 1 aliphatic heterocycles. The predicted molar refractivity (Wildman–Crippen MR) is 105 cm³/mol. The summed E-state index contributed by atoms with van der Waals surface area (Å²) in [5, 5.41) is -0.814. The minimum Gasteiger partial charge on any atom is -0.489 e. The van der Waals surface area contributed by atoms with Gasteiger partial charge in [0.2, 0.25) is 0 Å². The monoisotopic (exact) mass is 536 g/mol. The van der Waals surface area contributed by atoms with Crippen molar-refractivity contribution >= 4 is 39.3 Å². The SMILES string of the molecule is O=C(NS(=O)(=O)N1CC(F)(F)C1)c1cc(Cl)c(COc2ccc(Cl)c(C(F)(F)F)c2)cc1F. The number of rotatable bonds is 6. The molecule has 1 saturated heterocycles. The van der Waals surface area contributed by atoms with Gasteiger partial charge in [-0.25, -0.2) is 17.9 Å². The van der Waals surface area contributed by atoms with Gasteiger partial charge in [0.05, 0.1) is 29.2 Å². The second kappa shape index (κ2) is 8.85. The van der Waals surface area contributed by atoms with Gasteiger partial charge >= 0.3 is 16.4 Å². The van der Waals surface area contributed by atoms with Gasteiger partial charge in [0.15, 0.2) is 0 Å². The summed E-state index contributed by atoms with van der Waals surface area (Å²) in [5.74, 6) is -6.15. The maximum absolute atomic E-state index is 14.4. The van der Waals surface area contributed by atoms with Crippen molar-refractivity contribution < 1.29 is 44.3 Å². The Morgan fingerprint density at radius 3 is 2.33 bits per heavy atom. The first kappa shape index (κ1) is 25.4. The Balaban J connectivity index is 1.72. The summed E-state index contributed by atoms with van der Waals surface area (Å²) in [5.41, 5.74) is -2.02. The maximum Gasteiger partial charge on any atom is 0.417 e. The summed E-state index contributed by atoms with van der Waals surface area (Å²) in [4.78, 5) is 12.1. The van der Waals surface area contributed by atoms with Crippen molar-refractivity contribution in [2.75, 3.05) is 13.1 Å². The zero-order chi connectivity index (χ0) is 24.8. The summed E-state index contributed by atoms with van der Waals surface area (Å²) in [6.07, 6.45) is -4.73. The molecule has 2 aromatic rings. The zero-order valence-electron chi connectivity index (χ0n) is 16.0. The highest BCUT2D eigenvalue weighted by molar-refractivity contribution is 7.87. The van der Waals surface area contributed by atoms with Gasteiger partial charge < -0.3 is 4.74 Å². The van der Waals surface area contributed by atoms with Gasteiger partial charge in [-0.15, -0.1) is 0 Å². The molecule has 1 N–H and O–H groups in total. The summed E-state index contributed by atoms with van der Waals surface area (Å²) in [6.45, 7) is -2.76. The van der Waals surface area contributed by atoms with Crippen LogP contribution in [0.15, 0.2) is 30.3 Å². The smallest absolute Gasteiger partial charge is 0.417 e.